The summed E-state index contributed by atoms with van der Waals surface area (Å²) in [5.74, 6) is 0.714. The lowest BCUT2D eigenvalue weighted by molar-refractivity contribution is -0.105. The monoisotopic (exact) mass is 702 g/mol. The van der Waals surface area contributed by atoms with Crippen LogP contribution in [0.5, 0.6) is 23.0 Å². The summed E-state index contributed by atoms with van der Waals surface area (Å²) >= 11 is 0. The summed E-state index contributed by atoms with van der Waals surface area (Å²) in [5, 5.41) is 5.56. The molecule has 0 radical (unpaired) electrons. The summed E-state index contributed by atoms with van der Waals surface area (Å²) in [6, 6.07) is 42.0. The number of anilines is 4. The molecule has 2 aliphatic rings. The molecule has 6 aromatic rings. The molecule has 0 bridgehead atoms. The molecule has 2 heterocycles. The average Bonchev–Trinajstić information content (AvgIpc) is 3.60. The van der Waals surface area contributed by atoms with Crippen LogP contribution in [0.3, 0.4) is 0 Å². The normalized spacial score (nSPS) is 12.8. The topological polar surface area (TPSA) is 134 Å². The van der Waals surface area contributed by atoms with Crippen LogP contribution < -0.4 is 29.9 Å². The molecule has 2 aliphatic heterocycles. The fourth-order valence-electron chi connectivity index (χ4n) is 5.98. The molecule has 11 nitrogen and oxygen atoms in total. The van der Waals surface area contributed by atoms with Gasteiger partial charge in [-0.25, -0.2) is 9.80 Å². The Labute approximate surface area is 304 Å². The number of benzene rings is 6. The Kier molecular flexibility index (Phi) is 9.45. The highest BCUT2D eigenvalue weighted by atomic mass is 16.5. The lowest BCUT2D eigenvalue weighted by atomic mass is 10.1. The van der Waals surface area contributed by atoms with Gasteiger partial charge in [0.15, 0.2) is 0 Å². The maximum absolute atomic E-state index is 12.8. The molecule has 6 aromatic carbocycles. The van der Waals surface area contributed by atoms with E-state index in [0.29, 0.717) is 68.7 Å². The first-order valence-corrected chi connectivity index (χ1v) is 16.5. The molecule has 2 N–H and O–H groups in total. The lowest BCUT2D eigenvalue weighted by Crippen LogP contribution is -2.30. The van der Waals surface area contributed by atoms with Crippen molar-refractivity contribution in [1.29, 1.82) is 0 Å². The van der Waals surface area contributed by atoms with Gasteiger partial charge in [-0.1, -0.05) is 60.7 Å². The van der Waals surface area contributed by atoms with Gasteiger partial charge in [-0.05, 0) is 72.8 Å². The fraction of sp³-hybridized carbons (Fsp3) is 0.0238. The first-order chi connectivity index (χ1) is 25.9. The van der Waals surface area contributed by atoms with E-state index in [4.69, 9.17) is 9.47 Å². The Morgan fingerprint density at radius 1 is 0.453 bits per heavy atom. The maximum atomic E-state index is 12.8. The van der Waals surface area contributed by atoms with Gasteiger partial charge in [0.05, 0.1) is 45.0 Å². The molecule has 0 unspecified atom stereocenters. The van der Waals surface area contributed by atoms with E-state index >= 15 is 0 Å². The van der Waals surface area contributed by atoms with E-state index in [1.807, 2.05) is 48.5 Å². The van der Waals surface area contributed by atoms with Crippen LogP contribution in [-0.2, 0) is 4.79 Å². The number of rotatable bonds is 9. The summed E-state index contributed by atoms with van der Waals surface area (Å²) in [5.41, 5.74) is 3.19. The van der Waals surface area contributed by atoms with Crippen molar-refractivity contribution in [3.63, 3.8) is 0 Å². The van der Waals surface area contributed by atoms with Crippen molar-refractivity contribution < 1.29 is 33.4 Å². The smallest absolute Gasteiger partial charge is 0.266 e. The molecule has 0 aromatic heterocycles. The quantitative estimate of drug-likeness (QED) is 0.114. The van der Waals surface area contributed by atoms with Gasteiger partial charge in [0.25, 0.3) is 23.6 Å². The highest BCUT2D eigenvalue weighted by Crippen LogP contribution is 2.38. The number of carbonyl (C=O) groups is 5. The Bertz CT molecular complexity index is 2310. The molecular weight excluding hydrogens is 672 g/mol. The number of ether oxygens (including phenoxy) is 2. The molecule has 5 amide bonds. The Morgan fingerprint density at radius 3 is 1.19 bits per heavy atom. The van der Waals surface area contributed by atoms with E-state index in [9.17, 15) is 24.0 Å². The van der Waals surface area contributed by atoms with Crippen LogP contribution in [0.15, 0.2) is 146 Å². The highest BCUT2D eigenvalue weighted by molar-refractivity contribution is 6.36. The molecular formula is C42H30N4O7. The minimum atomic E-state index is -0.443. The number of carbonyl (C=O) groups excluding carboxylic acids is 5. The number of para-hydroxylation sites is 2. The van der Waals surface area contributed by atoms with E-state index in [0.717, 1.165) is 4.90 Å². The number of hydrogen-bond acceptors (Lipinski definition) is 8. The molecule has 8 rings (SSSR count). The Morgan fingerprint density at radius 2 is 0.811 bits per heavy atom. The van der Waals surface area contributed by atoms with E-state index < -0.39 is 11.8 Å². The third kappa shape index (κ3) is 6.69. The summed E-state index contributed by atoms with van der Waals surface area (Å²) < 4.78 is 11.6. The highest BCUT2D eigenvalue weighted by Gasteiger charge is 2.39. The van der Waals surface area contributed by atoms with Crippen LogP contribution in [0.4, 0.5) is 22.7 Å². The minimum absolute atomic E-state index is 0.252. The number of nitrogens with zero attached hydrogens (tertiary/aromatic N) is 2. The zero-order valence-electron chi connectivity index (χ0n) is 28.2. The zero-order valence-corrected chi connectivity index (χ0v) is 28.2. The first-order valence-electron chi connectivity index (χ1n) is 16.5. The average molecular weight is 703 g/mol. The Hall–Kier alpha value is -7.53. The van der Waals surface area contributed by atoms with Gasteiger partial charge in [-0.2, -0.15) is 0 Å². The molecule has 0 fully saturated rings. The molecule has 0 spiro atoms. The van der Waals surface area contributed by atoms with Crippen molar-refractivity contribution in [2.75, 3.05) is 27.5 Å². The molecule has 0 saturated heterocycles. The Balaban J connectivity index is 0.000000164. The summed E-state index contributed by atoms with van der Waals surface area (Å²) in [4.78, 5) is 64.3. The van der Waals surface area contributed by atoms with Gasteiger partial charge >= 0.3 is 0 Å². The predicted octanol–water partition coefficient (Wildman–Crippen LogP) is 8.17. The predicted molar refractivity (Wildman–Crippen MR) is 200 cm³/mol. The molecule has 0 saturated carbocycles. The van der Waals surface area contributed by atoms with E-state index in [1.165, 1.54) is 4.90 Å². The van der Waals surface area contributed by atoms with Crippen LogP contribution in [0.25, 0.3) is 0 Å². The molecule has 260 valence electrons. The second-order valence-electron chi connectivity index (χ2n) is 11.7. The van der Waals surface area contributed by atoms with Crippen molar-refractivity contribution in [2.45, 2.75) is 0 Å². The number of hydrogen-bond donors (Lipinski definition) is 2. The third-order valence-corrected chi connectivity index (χ3v) is 8.45. The van der Waals surface area contributed by atoms with Crippen LogP contribution in [0, 0.1) is 0 Å². The van der Waals surface area contributed by atoms with Crippen molar-refractivity contribution in [2.24, 2.45) is 0 Å². The van der Waals surface area contributed by atoms with Gasteiger partial charge in [-0.15, -0.1) is 0 Å². The van der Waals surface area contributed by atoms with Crippen molar-refractivity contribution in [3.05, 3.63) is 168 Å². The zero-order chi connectivity index (χ0) is 36.9. The van der Waals surface area contributed by atoms with Gasteiger partial charge in [-0.3, -0.25) is 24.0 Å². The van der Waals surface area contributed by atoms with Gasteiger partial charge < -0.3 is 20.1 Å². The molecule has 0 atom stereocenters. The number of imide groups is 2. The maximum Gasteiger partial charge on any atom is 0.266 e. The molecule has 53 heavy (non-hydrogen) atoms. The molecule has 11 heteroatoms. The van der Waals surface area contributed by atoms with Crippen LogP contribution in [0.2, 0.25) is 0 Å². The summed E-state index contributed by atoms with van der Waals surface area (Å²) in [6.45, 7) is 0. The number of fused-ring (bicyclic) bond motifs is 2. The van der Waals surface area contributed by atoms with Gasteiger partial charge in [0.2, 0.25) is 6.41 Å². The number of amides is 5. The van der Waals surface area contributed by atoms with E-state index in [-0.39, 0.29) is 17.5 Å². The standard InChI is InChI=1S/C21H14N2O4.C21H16N2O3/c24-13-22-18-11-10-15(27-14-6-2-1-3-7-14)12-19(18)23-20(25)16-8-4-5-9-17(16)21(23)26;1-22-18-12-11-15(26-14-7-3-2-4-8-14)13-19(18)23-20(24)16-9-5-6-10-17(16)21(23)25/h1-13H,(H,22,24);2-13,22H,1H3. The second-order valence-corrected chi connectivity index (χ2v) is 11.7. The van der Waals surface area contributed by atoms with Gasteiger partial charge in [0.1, 0.15) is 23.0 Å². The van der Waals surface area contributed by atoms with Gasteiger partial charge in [0, 0.05) is 19.2 Å². The minimum Gasteiger partial charge on any atom is -0.457 e. The fourth-order valence-corrected chi connectivity index (χ4v) is 5.98. The number of nitrogens with one attached hydrogen (secondary N) is 2. The van der Waals surface area contributed by atoms with E-state index in [2.05, 4.69) is 10.6 Å². The second kappa shape index (κ2) is 14.8. The van der Waals surface area contributed by atoms with Crippen LogP contribution in [-0.4, -0.2) is 37.1 Å². The van der Waals surface area contributed by atoms with Crippen molar-refractivity contribution >= 4 is 52.8 Å². The van der Waals surface area contributed by atoms with Crippen molar-refractivity contribution in [3.8, 4) is 23.0 Å². The molecule has 0 aliphatic carbocycles. The first kappa shape index (κ1) is 33.9. The van der Waals surface area contributed by atoms with Crippen LogP contribution in [0.1, 0.15) is 41.4 Å². The largest absolute Gasteiger partial charge is 0.457 e. The van der Waals surface area contributed by atoms with E-state index in [1.54, 1.807) is 104 Å². The van der Waals surface area contributed by atoms with Crippen LogP contribution >= 0.6 is 0 Å². The van der Waals surface area contributed by atoms with Crippen molar-refractivity contribution in [1.82, 2.24) is 0 Å². The summed E-state index contributed by atoms with van der Waals surface area (Å²) in [7, 11) is 1.74. The summed E-state index contributed by atoms with van der Waals surface area (Å²) in [6.07, 6.45) is 0.495. The SMILES string of the molecule is CNc1ccc(Oc2ccccc2)cc1N1C(=O)c2ccccc2C1=O.O=CNc1ccc(Oc2ccccc2)cc1N1C(=O)c2ccccc2C1=O. The third-order valence-electron chi connectivity index (χ3n) is 8.45. The lowest BCUT2D eigenvalue weighted by Gasteiger charge is -2.19.